The van der Waals surface area contributed by atoms with Crippen molar-refractivity contribution in [3.05, 3.63) is 94.6 Å². The van der Waals surface area contributed by atoms with Gasteiger partial charge in [-0.05, 0) is 93.0 Å². The zero-order chi connectivity index (χ0) is 42.4. The second-order valence-electron chi connectivity index (χ2n) is 16.0. The zero-order valence-corrected chi connectivity index (χ0v) is 34.5. The number of ketones is 2. The molecule has 0 fully saturated rings. The monoisotopic (exact) mass is 803 g/mol. The van der Waals surface area contributed by atoms with E-state index in [9.17, 15) is 33.6 Å². The third-order valence-electron chi connectivity index (χ3n) is 11.2. The molecule has 3 aromatic carbocycles. The molecule has 0 spiro atoms. The number of benzene rings is 3. The minimum Gasteiger partial charge on any atom is -0.489 e. The molecule has 0 saturated heterocycles. The molecule has 6 rings (SSSR count). The van der Waals surface area contributed by atoms with E-state index >= 15 is 0 Å². The van der Waals surface area contributed by atoms with Gasteiger partial charge in [-0.2, -0.15) is 0 Å². The van der Waals surface area contributed by atoms with Gasteiger partial charge in [-0.3, -0.25) is 38.5 Å². The van der Waals surface area contributed by atoms with Gasteiger partial charge in [0.1, 0.15) is 18.1 Å². The van der Waals surface area contributed by atoms with Crippen LogP contribution in [0.4, 0.5) is 17.1 Å². The van der Waals surface area contributed by atoms with E-state index in [0.29, 0.717) is 42.8 Å². The van der Waals surface area contributed by atoms with Crippen molar-refractivity contribution < 1.29 is 38.3 Å². The molecule has 3 atom stereocenters. The lowest BCUT2D eigenvalue weighted by atomic mass is 9.99. The Bertz CT molecular complexity index is 2180. The van der Waals surface area contributed by atoms with E-state index in [0.717, 1.165) is 39.4 Å². The van der Waals surface area contributed by atoms with Crippen molar-refractivity contribution in [2.24, 2.45) is 5.92 Å². The van der Waals surface area contributed by atoms with Gasteiger partial charge in [-0.25, -0.2) is 0 Å². The molecule has 310 valence electrons. The summed E-state index contributed by atoms with van der Waals surface area (Å²) in [7, 11) is 2.00. The Morgan fingerprint density at radius 2 is 1.58 bits per heavy atom. The molecular weight excluding hydrogens is 751 g/mol. The van der Waals surface area contributed by atoms with Gasteiger partial charge < -0.3 is 25.2 Å². The van der Waals surface area contributed by atoms with Gasteiger partial charge in [0, 0.05) is 81.3 Å². The highest BCUT2D eigenvalue weighted by molar-refractivity contribution is 6.13. The molecule has 13 heteroatoms. The first kappa shape index (κ1) is 42.5. The van der Waals surface area contributed by atoms with E-state index in [4.69, 9.17) is 4.74 Å². The molecule has 3 aliphatic heterocycles. The molecule has 13 nitrogen and oxygen atoms in total. The lowest BCUT2D eigenvalue weighted by Gasteiger charge is -2.25. The first-order chi connectivity index (χ1) is 28.2. The number of hydrogen-bond acceptors (Lipinski definition) is 9. The molecule has 5 amide bonds. The van der Waals surface area contributed by atoms with E-state index in [-0.39, 0.29) is 86.0 Å². The minimum absolute atomic E-state index is 0.000421. The maximum Gasteiger partial charge on any atom is 0.260 e. The standard InChI is InChI=1S/C46H53N5O8/c1-28-19-32(27-59-41-25-39-37(21-29(41)2)46(58)51-35(26-49(39)5)24-33-11-6-8-14-38(33)51)23-34(20-28)48-45(57)30(3)22-40(53)31(4)47-42(54)15-9-7-12-36(52)13-10-18-50-43(55)16-17-44(50)56/h6,8,11,14,16-17,19-21,23,25,30-31,35H,7,9-10,12-13,15,18,22,24,26-27H2,1-5H3,(H,47,54)(H,48,57)/t30?,31?,35-/m0/s1. The van der Waals surface area contributed by atoms with Crippen LogP contribution in [0.5, 0.6) is 5.75 Å². The quantitative estimate of drug-likeness (QED) is 0.120. The summed E-state index contributed by atoms with van der Waals surface area (Å²) in [5.41, 5.74) is 6.79. The topological polar surface area (TPSA) is 162 Å². The van der Waals surface area contributed by atoms with Crippen molar-refractivity contribution in [2.45, 2.75) is 97.8 Å². The van der Waals surface area contributed by atoms with E-state index in [1.807, 2.05) is 74.3 Å². The van der Waals surface area contributed by atoms with Crippen molar-refractivity contribution in [3.63, 3.8) is 0 Å². The lowest BCUT2D eigenvalue weighted by Crippen LogP contribution is -2.41. The molecule has 0 aromatic heterocycles. The second-order valence-corrected chi connectivity index (χ2v) is 16.0. The van der Waals surface area contributed by atoms with Gasteiger partial charge in [0.15, 0.2) is 5.78 Å². The van der Waals surface area contributed by atoms with Crippen LogP contribution in [0.1, 0.15) is 91.4 Å². The number of ether oxygens (including phenoxy) is 1. The number of unbranched alkanes of at least 4 members (excludes halogenated alkanes) is 1. The Hall–Kier alpha value is -6.11. The van der Waals surface area contributed by atoms with Gasteiger partial charge >= 0.3 is 0 Å². The number of imide groups is 1. The average Bonchev–Trinajstić information content (AvgIpc) is 3.69. The molecule has 0 aliphatic carbocycles. The zero-order valence-electron chi connectivity index (χ0n) is 34.5. The maximum atomic E-state index is 13.9. The van der Waals surface area contributed by atoms with Crippen molar-refractivity contribution in [3.8, 4) is 5.75 Å². The SMILES string of the molecule is Cc1cc(COc2cc3c(cc2C)C(=O)N2c4ccccc4C[C@H]2CN3C)cc(NC(=O)C(C)CC(=O)C(C)NC(=O)CCCCC(=O)CCCN2C(=O)C=CC2=O)c1. The Morgan fingerprint density at radius 1 is 0.864 bits per heavy atom. The first-order valence-corrected chi connectivity index (χ1v) is 20.4. The van der Waals surface area contributed by atoms with E-state index < -0.39 is 12.0 Å². The molecule has 59 heavy (non-hydrogen) atoms. The summed E-state index contributed by atoms with van der Waals surface area (Å²) in [6.07, 6.45) is 5.23. The number of amides is 5. The highest BCUT2D eigenvalue weighted by Crippen LogP contribution is 2.40. The third kappa shape index (κ3) is 10.3. The Kier molecular flexibility index (Phi) is 13.4. The minimum atomic E-state index is -0.782. The molecule has 0 saturated carbocycles. The van der Waals surface area contributed by atoms with Crippen molar-refractivity contribution >= 4 is 58.2 Å². The second kappa shape index (κ2) is 18.6. The maximum absolute atomic E-state index is 13.9. The number of fused-ring (bicyclic) bond motifs is 4. The Balaban J connectivity index is 0.940. The summed E-state index contributed by atoms with van der Waals surface area (Å²) in [4.78, 5) is 93.2. The molecule has 3 aliphatic rings. The van der Waals surface area contributed by atoms with Gasteiger partial charge in [-0.1, -0.05) is 31.2 Å². The third-order valence-corrected chi connectivity index (χ3v) is 11.2. The Morgan fingerprint density at radius 3 is 2.34 bits per heavy atom. The van der Waals surface area contributed by atoms with Crippen LogP contribution in [0.25, 0.3) is 0 Å². The number of rotatable bonds is 18. The number of anilines is 3. The molecule has 2 unspecified atom stereocenters. The molecular formula is C46H53N5O8. The van der Waals surface area contributed by atoms with Crippen LogP contribution in [0, 0.1) is 19.8 Å². The highest BCUT2D eigenvalue weighted by Gasteiger charge is 2.39. The summed E-state index contributed by atoms with van der Waals surface area (Å²) >= 11 is 0. The van der Waals surface area contributed by atoms with Crippen LogP contribution in [-0.2, 0) is 41.8 Å². The van der Waals surface area contributed by atoms with E-state index in [2.05, 4.69) is 21.6 Å². The van der Waals surface area contributed by atoms with E-state index in [1.165, 1.54) is 17.7 Å². The molecule has 3 heterocycles. The van der Waals surface area contributed by atoms with Gasteiger partial charge in [-0.15, -0.1) is 0 Å². The van der Waals surface area contributed by atoms with Crippen LogP contribution in [0.3, 0.4) is 0 Å². The number of para-hydroxylation sites is 1. The number of aryl methyl sites for hydroxylation is 2. The fraction of sp³-hybridized carbons (Fsp3) is 0.413. The fourth-order valence-corrected chi connectivity index (χ4v) is 7.97. The fourth-order valence-electron chi connectivity index (χ4n) is 7.97. The molecule has 0 bridgehead atoms. The number of Topliss-reactive ketones (excluding diaryl/α,β-unsaturated/α-hetero) is 2. The van der Waals surface area contributed by atoms with Crippen LogP contribution in [0.2, 0.25) is 0 Å². The number of nitrogens with one attached hydrogen (secondary N) is 2. The van der Waals surface area contributed by atoms with Crippen LogP contribution in [-0.4, -0.2) is 78.2 Å². The lowest BCUT2D eigenvalue weighted by molar-refractivity contribution is -0.137. The predicted octanol–water partition coefficient (Wildman–Crippen LogP) is 5.78. The first-order valence-electron chi connectivity index (χ1n) is 20.4. The van der Waals surface area contributed by atoms with Crippen molar-refractivity contribution in [1.29, 1.82) is 0 Å². The molecule has 0 radical (unpaired) electrons. The molecule has 2 N–H and O–H groups in total. The number of likely N-dealkylation sites (N-methyl/N-ethyl adjacent to an activating group) is 1. The van der Waals surface area contributed by atoms with Crippen LogP contribution >= 0.6 is 0 Å². The van der Waals surface area contributed by atoms with Crippen molar-refractivity contribution in [2.75, 3.05) is 35.3 Å². The summed E-state index contributed by atoms with van der Waals surface area (Å²) in [5, 5.41) is 5.63. The van der Waals surface area contributed by atoms with Crippen LogP contribution < -0.4 is 25.2 Å². The van der Waals surface area contributed by atoms with Gasteiger partial charge in [0.25, 0.3) is 17.7 Å². The normalized spacial score (nSPS) is 16.6. The number of carbonyl (C=O) groups is 7. The van der Waals surface area contributed by atoms with Crippen LogP contribution in [0.15, 0.2) is 66.7 Å². The summed E-state index contributed by atoms with van der Waals surface area (Å²) in [6.45, 7) is 8.24. The van der Waals surface area contributed by atoms with Crippen molar-refractivity contribution in [1.82, 2.24) is 10.2 Å². The summed E-state index contributed by atoms with van der Waals surface area (Å²) in [6, 6.07) is 16.9. The summed E-state index contributed by atoms with van der Waals surface area (Å²) in [5.74, 6) is -1.64. The largest absolute Gasteiger partial charge is 0.489 e. The molecule has 3 aromatic rings. The average molecular weight is 804 g/mol. The van der Waals surface area contributed by atoms with Gasteiger partial charge in [0.05, 0.1) is 23.3 Å². The number of hydrogen-bond donors (Lipinski definition) is 2. The Labute approximate surface area is 345 Å². The smallest absolute Gasteiger partial charge is 0.260 e. The number of nitrogens with zero attached hydrogens (tertiary/aromatic N) is 3. The predicted molar refractivity (Wildman–Crippen MR) is 224 cm³/mol. The highest BCUT2D eigenvalue weighted by atomic mass is 16.5. The van der Waals surface area contributed by atoms with E-state index in [1.54, 1.807) is 13.8 Å². The number of carbonyl (C=O) groups excluding carboxylic acids is 7. The summed E-state index contributed by atoms with van der Waals surface area (Å²) < 4.78 is 6.33. The van der Waals surface area contributed by atoms with Gasteiger partial charge in [0.2, 0.25) is 11.8 Å².